The van der Waals surface area contributed by atoms with Crippen LogP contribution >= 0.6 is 23.2 Å². The highest BCUT2D eigenvalue weighted by Gasteiger charge is 2.35. The number of carbonyl (C=O) groups is 1. The molecule has 1 saturated heterocycles. The molecule has 1 aliphatic heterocycles. The van der Waals surface area contributed by atoms with E-state index in [2.05, 4.69) is 12.1 Å². The molecular formula is C18H18Cl2N2O. The van der Waals surface area contributed by atoms with Crippen molar-refractivity contribution in [3.8, 4) is 0 Å². The molecule has 23 heavy (non-hydrogen) atoms. The molecule has 3 nitrogen and oxygen atoms in total. The van der Waals surface area contributed by atoms with Gasteiger partial charge < -0.3 is 10.6 Å². The molecule has 1 fully saturated rings. The van der Waals surface area contributed by atoms with Crippen LogP contribution < -0.4 is 5.73 Å². The summed E-state index contributed by atoms with van der Waals surface area (Å²) in [7, 11) is 0. The fourth-order valence-corrected chi connectivity index (χ4v) is 3.74. The smallest absolute Gasteiger partial charge is 0.253 e. The first kappa shape index (κ1) is 16.3. The zero-order valence-corrected chi connectivity index (χ0v) is 14.1. The van der Waals surface area contributed by atoms with E-state index in [1.807, 2.05) is 23.1 Å². The van der Waals surface area contributed by atoms with Crippen molar-refractivity contribution < 1.29 is 4.79 Å². The molecule has 1 amide bonds. The second-order valence-electron chi connectivity index (χ2n) is 5.88. The summed E-state index contributed by atoms with van der Waals surface area (Å²) in [5.41, 5.74) is 7.68. The zero-order chi connectivity index (χ0) is 16.4. The van der Waals surface area contributed by atoms with Crippen LogP contribution in [0.5, 0.6) is 0 Å². The Morgan fingerprint density at radius 2 is 1.74 bits per heavy atom. The molecule has 0 spiro atoms. The summed E-state index contributed by atoms with van der Waals surface area (Å²) in [6.45, 7) is 1.87. The van der Waals surface area contributed by atoms with E-state index in [1.54, 1.807) is 18.2 Å². The minimum atomic E-state index is -0.0497. The standard InChI is InChI=1S/C18H18Cl2N2O/c19-15-6-13(7-16(20)8-15)18(23)22-10-14(9-21)17(11-22)12-4-2-1-3-5-12/h1-8,14,17H,9-11,21H2/t14-,17+/m1/s1. The molecule has 5 heteroatoms. The van der Waals surface area contributed by atoms with Crippen LogP contribution in [0, 0.1) is 5.92 Å². The predicted molar refractivity (Wildman–Crippen MR) is 94.1 cm³/mol. The number of nitrogens with zero attached hydrogens (tertiary/aromatic N) is 1. The highest BCUT2D eigenvalue weighted by atomic mass is 35.5. The Balaban J connectivity index is 1.83. The first-order valence-corrected chi connectivity index (χ1v) is 8.34. The molecule has 120 valence electrons. The van der Waals surface area contributed by atoms with Crippen LogP contribution in [0.1, 0.15) is 21.8 Å². The third-order valence-corrected chi connectivity index (χ3v) is 4.80. The van der Waals surface area contributed by atoms with Gasteiger partial charge in [0.2, 0.25) is 0 Å². The van der Waals surface area contributed by atoms with Crippen molar-refractivity contribution in [2.75, 3.05) is 19.6 Å². The van der Waals surface area contributed by atoms with Crippen molar-refractivity contribution >= 4 is 29.1 Å². The van der Waals surface area contributed by atoms with Gasteiger partial charge in [-0.25, -0.2) is 0 Å². The van der Waals surface area contributed by atoms with Gasteiger partial charge in [0, 0.05) is 34.6 Å². The van der Waals surface area contributed by atoms with Crippen LogP contribution in [-0.2, 0) is 0 Å². The van der Waals surface area contributed by atoms with Gasteiger partial charge in [0.05, 0.1) is 0 Å². The highest BCUT2D eigenvalue weighted by molar-refractivity contribution is 6.35. The maximum atomic E-state index is 12.8. The normalized spacial score (nSPS) is 20.7. The number of hydrogen-bond acceptors (Lipinski definition) is 2. The fraction of sp³-hybridized carbons (Fsp3) is 0.278. The summed E-state index contributed by atoms with van der Waals surface area (Å²) in [4.78, 5) is 14.6. The third kappa shape index (κ3) is 3.52. The lowest BCUT2D eigenvalue weighted by atomic mass is 9.89. The third-order valence-electron chi connectivity index (χ3n) is 4.37. The molecule has 2 aromatic rings. The van der Waals surface area contributed by atoms with Crippen molar-refractivity contribution in [2.45, 2.75) is 5.92 Å². The molecule has 2 atom stereocenters. The van der Waals surface area contributed by atoms with Crippen molar-refractivity contribution in [1.82, 2.24) is 4.90 Å². The van der Waals surface area contributed by atoms with Crippen molar-refractivity contribution in [2.24, 2.45) is 11.7 Å². The quantitative estimate of drug-likeness (QED) is 0.916. The van der Waals surface area contributed by atoms with Crippen LogP contribution in [0.4, 0.5) is 0 Å². The number of benzene rings is 2. The zero-order valence-electron chi connectivity index (χ0n) is 12.6. The molecule has 1 heterocycles. The molecule has 0 radical (unpaired) electrons. The molecular weight excluding hydrogens is 331 g/mol. The van der Waals surface area contributed by atoms with Crippen LogP contribution in [-0.4, -0.2) is 30.4 Å². The minimum absolute atomic E-state index is 0.0497. The lowest BCUT2D eigenvalue weighted by molar-refractivity contribution is 0.0786. The largest absolute Gasteiger partial charge is 0.338 e. The summed E-state index contributed by atoms with van der Waals surface area (Å²) >= 11 is 12.0. The van der Waals surface area contributed by atoms with E-state index in [4.69, 9.17) is 28.9 Å². The Morgan fingerprint density at radius 3 is 2.35 bits per heavy atom. The van der Waals surface area contributed by atoms with Crippen LogP contribution in [0.15, 0.2) is 48.5 Å². The summed E-state index contributed by atoms with van der Waals surface area (Å²) in [6.07, 6.45) is 0. The van der Waals surface area contributed by atoms with Gasteiger partial charge in [-0.3, -0.25) is 4.79 Å². The van der Waals surface area contributed by atoms with E-state index in [-0.39, 0.29) is 17.7 Å². The van der Waals surface area contributed by atoms with Crippen LogP contribution in [0.3, 0.4) is 0 Å². The van der Waals surface area contributed by atoms with E-state index < -0.39 is 0 Å². The van der Waals surface area contributed by atoms with Gasteiger partial charge in [-0.05, 0) is 36.2 Å². The van der Waals surface area contributed by atoms with E-state index in [0.29, 0.717) is 35.2 Å². The topological polar surface area (TPSA) is 46.3 Å². The van der Waals surface area contributed by atoms with Gasteiger partial charge >= 0.3 is 0 Å². The molecule has 0 unspecified atom stereocenters. The first-order chi connectivity index (χ1) is 11.1. The van der Waals surface area contributed by atoms with Crippen molar-refractivity contribution in [3.05, 3.63) is 69.7 Å². The van der Waals surface area contributed by atoms with E-state index in [0.717, 1.165) is 0 Å². The summed E-state index contributed by atoms with van der Waals surface area (Å²) in [6, 6.07) is 15.2. The fourth-order valence-electron chi connectivity index (χ4n) is 3.21. The average Bonchev–Trinajstić information content (AvgIpc) is 2.98. The number of rotatable bonds is 3. The molecule has 2 aromatic carbocycles. The highest BCUT2D eigenvalue weighted by Crippen LogP contribution is 2.33. The van der Waals surface area contributed by atoms with Gasteiger partial charge in [-0.1, -0.05) is 53.5 Å². The average molecular weight is 349 g/mol. The van der Waals surface area contributed by atoms with E-state index in [9.17, 15) is 4.79 Å². The summed E-state index contributed by atoms with van der Waals surface area (Å²) in [5, 5.41) is 0.935. The Bertz CT molecular complexity index is 685. The molecule has 3 rings (SSSR count). The molecule has 2 N–H and O–H groups in total. The summed E-state index contributed by atoms with van der Waals surface area (Å²) in [5.74, 6) is 0.474. The lowest BCUT2D eigenvalue weighted by Crippen LogP contribution is -2.29. The van der Waals surface area contributed by atoms with Crippen molar-refractivity contribution in [3.63, 3.8) is 0 Å². The Kier molecular flexibility index (Phi) is 4.90. The van der Waals surface area contributed by atoms with E-state index in [1.165, 1.54) is 5.56 Å². The Morgan fingerprint density at radius 1 is 1.09 bits per heavy atom. The molecule has 0 aliphatic carbocycles. The second kappa shape index (κ2) is 6.91. The number of likely N-dealkylation sites (tertiary alicyclic amines) is 1. The van der Waals surface area contributed by atoms with Crippen molar-refractivity contribution in [1.29, 1.82) is 0 Å². The molecule has 0 aromatic heterocycles. The number of amides is 1. The van der Waals surface area contributed by atoms with Gasteiger partial charge in [-0.2, -0.15) is 0 Å². The van der Waals surface area contributed by atoms with Gasteiger partial charge in [0.15, 0.2) is 0 Å². The van der Waals surface area contributed by atoms with Gasteiger partial charge in [-0.15, -0.1) is 0 Å². The number of carbonyl (C=O) groups excluding carboxylic acids is 1. The number of hydrogen-bond donors (Lipinski definition) is 1. The minimum Gasteiger partial charge on any atom is -0.338 e. The van der Waals surface area contributed by atoms with E-state index >= 15 is 0 Å². The number of halogens is 2. The van der Waals surface area contributed by atoms with Gasteiger partial charge in [0.1, 0.15) is 0 Å². The maximum Gasteiger partial charge on any atom is 0.253 e. The Hall–Kier alpha value is -1.55. The van der Waals surface area contributed by atoms with Crippen LogP contribution in [0.25, 0.3) is 0 Å². The number of nitrogens with two attached hydrogens (primary N) is 1. The maximum absolute atomic E-state index is 12.8. The summed E-state index contributed by atoms with van der Waals surface area (Å²) < 4.78 is 0. The second-order valence-corrected chi connectivity index (χ2v) is 6.75. The molecule has 0 bridgehead atoms. The predicted octanol–water partition coefficient (Wildman–Crippen LogP) is 3.81. The monoisotopic (exact) mass is 348 g/mol. The Labute approximate surface area is 146 Å². The van der Waals surface area contributed by atoms with Gasteiger partial charge in [0.25, 0.3) is 5.91 Å². The van der Waals surface area contributed by atoms with Crippen LogP contribution in [0.2, 0.25) is 10.0 Å². The lowest BCUT2D eigenvalue weighted by Gasteiger charge is -2.17. The molecule has 0 saturated carbocycles. The SMILES string of the molecule is NC[C@@H]1CN(C(=O)c2cc(Cl)cc(Cl)c2)C[C@H]1c1ccccc1. The molecule has 1 aliphatic rings. The first-order valence-electron chi connectivity index (χ1n) is 7.59.